The molecule has 1 unspecified atom stereocenters. The maximum Gasteiger partial charge on any atom is 0.137 e. The number of rotatable bonds is 2. The molecule has 0 aliphatic rings. The largest absolute Gasteiger partial charge is 0.506 e. The minimum absolute atomic E-state index is 0.00812. The van der Waals surface area contributed by atoms with Gasteiger partial charge in [-0.25, -0.2) is 0 Å². The Kier molecular flexibility index (Phi) is 3.40. The number of hydrogen-bond donors (Lipinski definition) is 2. The van der Waals surface area contributed by atoms with Gasteiger partial charge in [0.25, 0.3) is 0 Å². The maximum absolute atomic E-state index is 9.76. The van der Waals surface area contributed by atoms with E-state index in [2.05, 4.69) is 0 Å². The van der Waals surface area contributed by atoms with Gasteiger partial charge in [0.2, 0.25) is 0 Å². The Morgan fingerprint density at radius 2 is 2.00 bits per heavy atom. The molecule has 0 aromatic heterocycles. The molecule has 2 nitrogen and oxygen atoms in total. The summed E-state index contributed by atoms with van der Waals surface area (Å²) >= 11 is 5.86. The van der Waals surface area contributed by atoms with Crippen LogP contribution in [0.4, 0.5) is 0 Å². The fourth-order valence-electron chi connectivity index (χ4n) is 1.58. The van der Waals surface area contributed by atoms with Crippen LogP contribution in [0.5, 0.6) is 5.75 Å². The van der Waals surface area contributed by atoms with Crippen LogP contribution in [0.25, 0.3) is 0 Å². The predicted molar refractivity (Wildman–Crippen MR) is 58.1 cm³/mol. The number of aliphatic hydroxyl groups excluding tert-OH is 1. The van der Waals surface area contributed by atoms with Gasteiger partial charge in [0, 0.05) is 18.1 Å². The number of benzene rings is 1. The van der Waals surface area contributed by atoms with E-state index in [9.17, 15) is 5.11 Å². The molecular formula is C11H15ClO2. The highest BCUT2D eigenvalue weighted by Gasteiger charge is 2.16. The predicted octanol–water partition coefficient (Wildman–Crippen LogP) is 2.76. The Balaban J connectivity index is 3.39. The summed E-state index contributed by atoms with van der Waals surface area (Å²) in [5.74, 6) is 0.00344. The Hall–Kier alpha value is -0.730. The molecule has 0 aliphatic carbocycles. The summed E-state index contributed by atoms with van der Waals surface area (Å²) in [4.78, 5) is 0. The van der Waals surface area contributed by atoms with Crippen LogP contribution in [0, 0.1) is 13.8 Å². The first-order valence-corrected chi connectivity index (χ1v) is 4.96. The summed E-state index contributed by atoms with van der Waals surface area (Å²) in [5, 5.41) is 19.2. The quantitative estimate of drug-likeness (QED) is 0.795. The average Bonchev–Trinajstić information content (AvgIpc) is 2.15. The fraction of sp³-hybridized carbons (Fsp3) is 0.455. The molecule has 3 heteroatoms. The lowest BCUT2D eigenvalue weighted by Crippen LogP contribution is -2.03. The SMILES string of the molecule is Cc1cc(Cl)c(O)c(C(C)CO)c1C. The van der Waals surface area contributed by atoms with Crippen LogP contribution < -0.4 is 0 Å². The van der Waals surface area contributed by atoms with E-state index in [1.807, 2.05) is 20.8 Å². The monoisotopic (exact) mass is 214 g/mol. The summed E-state index contributed by atoms with van der Waals surface area (Å²) in [6, 6.07) is 1.74. The number of phenolic OH excluding ortho intramolecular Hbond substituents is 1. The lowest BCUT2D eigenvalue weighted by atomic mass is 9.93. The van der Waals surface area contributed by atoms with Gasteiger partial charge >= 0.3 is 0 Å². The molecule has 1 aromatic rings. The van der Waals surface area contributed by atoms with Crippen molar-refractivity contribution >= 4 is 11.6 Å². The molecular weight excluding hydrogens is 200 g/mol. The highest BCUT2D eigenvalue weighted by molar-refractivity contribution is 6.32. The highest BCUT2D eigenvalue weighted by atomic mass is 35.5. The minimum Gasteiger partial charge on any atom is -0.506 e. The number of halogens is 1. The van der Waals surface area contributed by atoms with E-state index >= 15 is 0 Å². The molecule has 1 atom stereocenters. The van der Waals surface area contributed by atoms with E-state index in [4.69, 9.17) is 16.7 Å². The van der Waals surface area contributed by atoms with Crippen molar-refractivity contribution in [2.24, 2.45) is 0 Å². The number of aliphatic hydroxyl groups is 1. The van der Waals surface area contributed by atoms with Crippen LogP contribution in [-0.2, 0) is 0 Å². The van der Waals surface area contributed by atoms with E-state index < -0.39 is 0 Å². The second-order valence-corrected chi connectivity index (χ2v) is 4.05. The van der Waals surface area contributed by atoms with Gasteiger partial charge in [-0.2, -0.15) is 0 Å². The molecule has 0 amide bonds. The molecule has 14 heavy (non-hydrogen) atoms. The summed E-state index contributed by atoms with van der Waals surface area (Å²) in [6.45, 7) is 5.73. The molecule has 78 valence electrons. The Morgan fingerprint density at radius 3 is 2.50 bits per heavy atom. The van der Waals surface area contributed by atoms with Crippen LogP contribution in [0.15, 0.2) is 6.07 Å². The molecule has 1 rings (SSSR count). The zero-order valence-corrected chi connectivity index (χ0v) is 9.39. The van der Waals surface area contributed by atoms with Crippen molar-refractivity contribution in [3.8, 4) is 5.75 Å². The normalized spacial score (nSPS) is 12.9. The Bertz CT molecular complexity index is 321. The third kappa shape index (κ3) is 1.86. The third-order valence-corrected chi connectivity index (χ3v) is 2.87. The topological polar surface area (TPSA) is 40.5 Å². The number of hydrogen-bond acceptors (Lipinski definition) is 2. The van der Waals surface area contributed by atoms with Crippen molar-refractivity contribution in [2.75, 3.05) is 6.61 Å². The van der Waals surface area contributed by atoms with E-state index in [1.165, 1.54) is 0 Å². The molecule has 0 saturated carbocycles. The van der Waals surface area contributed by atoms with E-state index in [0.717, 1.165) is 16.7 Å². The summed E-state index contributed by atoms with van der Waals surface area (Å²) < 4.78 is 0. The van der Waals surface area contributed by atoms with Crippen LogP contribution in [0.1, 0.15) is 29.5 Å². The van der Waals surface area contributed by atoms with Crippen molar-refractivity contribution in [1.29, 1.82) is 0 Å². The summed E-state index contributed by atoms with van der Waals surface area (Å²) in [7, 11) is 0. The second kappa shape index (κ2) is 4.20. The zero-order valence-electron chi connectivity index (χ0n) is 8.63. The first-order valence-electron chi connectivity index (χ1n) is 4.58. The van der Waals surface area contributed by atoms with Gasteiger partial charge in [-0.05, 0) is 31.0 Å². The van der Waals surface area contributed by atoms with Crippen LogP contribution in [0.2, 0.25) is 5.02 Å². The summed E-state index contributed by atoms with van der Waals surface area (Å²) in [6.07, 6.45) is 0. The van der Waals surface area contributed by atoms with Gasteiger partial charge in [0.15, 0.2) is 0 Å². The average molecular weight is 215 g/mol. The van der Waals surface area contributed by atoms with E-state index in [-0.39, 0.29) is 18.3 Å². The fourth-order valence-corrected chi connectivity index (χ4v) is 1.85. The number of aryl methyl sites for hydroxylation is 1. The van der Waals surface area contributed by atoms with E-state index in [1.54, 1.807) is 6.07 Å². The van der Waals surface area contributed by atoms with Gasteiger partial charge in [-0.3, -0.25) is 0 Å². The summed E-state index contributed by atoms with van der Waals surface area (Å²) in [5.41, 5.74) is 2.77. The van der Waals surface area contributed by atoms with Gasteiger partial charge in [-0.15, -0.1) is 0 Å². The maximum atomic E-state index is 9.76. The smallest absolute Gasteiger partial charge is 0.137 e. The molecule has 0 heterocycles. The Morgan fingerprint density at radius 1 is 1.43 bits per heavy atom. The van der Waals surface area contributed by atoms with Crippen molar-refractivity contribution < 1.29 is 10.2 Å². The zero-order chi connectivity index (χ0) is 10.9. The second-order valence-electron chi connectivity index (χ2n) is 3.65. The first-order chi connectivity index (χ1) is 6.49. The lowest BCUT2D eigenvalue weighted by Gasteiger charge is -2.17. The van der Waals surface area contributed by atoms with Crippen molar-refractivity contribution in [3.63, 3.8) is 0 Å². The van der Waals surface area contributed by atoms with Gasteiger partial charge in [-0.1, -0.05) is 18.5 Å². The highest BCUT2D eigenvalue weighted by Crippen LogP contribution is 2.36. The van der Waals surface area contributed by atoms with Gasteiger partial charge in [0.1, 0.15) is 5.75 Å². The lowest BCUT2D eigenvalue weighted by molar-refractivity contribution is 0.270. The molecule has 0 fully saturated rings. The van der Waals surface area contributed by atoms with Crippen LogP contribution in [0.3, 0.4) is 0 Å². The molecule has 2 N–H and O–H groups in total. The van der Waals surface area contributed by atoms with Crippen LogP contribution in [-0.4, -0.2) is 16.8 Å². The minimum atomic E-state index is -0.0904. The van der Waals surface area contributed by atoms with Crippen molar-refractivity contribution in [1.82, 2.24) is 0 Å². The Labute approximate surface area is 89.1 Å². The molecule has 0 saturated heterocycles. The molecule has 0 aliphatic heterocycles. The van der Waals surface area contributed by atoms with E-state index in [0.29, 0.717) is 5.02 Å². The van der Waals surface area contributed by atoms with Crippen molar-refractivity contribution in [2.45, 2.75) is 26.7 Å². The number of phenols is 1. The first kappa shape index (κ1) is 11.3. The van der Waals surface area contributed by atoms with Crippen molar-refractivity contribution in [3.05, 3.63) is 27.8 Å². The number of aromatic hydroxyl groups is 1. The van der Waals surface area contributed by atoms with Gasteiger partial charge in [0.05, 0.1) is 5.02 Å². The molecule has 0 bridgehead atoms. The standard InChI is InChI=1S/C11H15ClO2/c1-6-4-9(12)11(14)10(8(6)3)7(2)5-13/h4,7,13-14H,5H2,1-3H3. The molecule has 0 spiro atoms. The molecule has 0 radical (unpaired) electrons. The third-order valence-electron chi connectivity index (χ3n) is 2.59. The van der Waals surface area contributed by atoms with Gasteiger partial charge < -0.3 is 10.2 Å². The van der Waals surface area contributed by atoms with Crippen LogP contribution >= 0.6 is 11.6 Å². The molecule has 1 aromatic carbocycles.